The fourth-order valence-electron chi connectivity index (χ4n) is 2.27. The van der Waals surface area contributed by atoms with Crippen molar-refractivity contribution in [3.8, 4) is 17.2 Å². The van der Waals surface area contributed by atoms with Crippen LogP contribution in [0.1, 0.15) is 16.1 Å². The summed E-state index contributed by atoms with van der Waals surface area (Å²) >= 11 is 1.14. The quantitative estimate of drug-likeness (QED) is 0.558. The minimum absolute atomic E-state index is 0.0919. The summed E-state index contributed by atoms with van der Waals surface area (Å²) in [5, 5.41) is 9.33. The molecule has 3 aromatic rings. The normalized spacial score (nSPS) is 10.8. The Morgan fingerprint density at radius 2 is 1.92 bits per heavy atom. The number of pyridine rings is 1. The molecule has 0 spiro atoms. The van der Waals surface area contributed by atoms with E-state index < -0.39 is 5.91 Å². The van der Waals surface area contributed by atoms with Crippen molar-refractivity contribution >= 4 is 33.1 Å². The maximum Gasteiger partial charge on any atom is 0.260 e. The number of carbonyl (C=O) groups is 1. The van der Waals surface area contributed by atoms with Gasteiger partial charge in [-0.1, -0.05) is 0 Å². The van der Waals surface area contributed by atoms with Crippen LogP contribution in [0.25, 0.3) is 10.2 Å². The second-order valence-electron chi connectivity index (χ2n) is 5.20. The second-order valence-corrected chi connectivity index (χ2v) is 6.20. The van der Waals surface area contributed by atoms with Crippen molar-refractivity contribution in [2.75, 3.05) is 18.9 Å². The van der Waals surface area contributed by atoms with Crippen molar-refractivity contribution in [2.45, 2.75) is 6.42 Å². The van der Waals surface area contributed by atoms with Crippen molar-refractivity contribution in [2.24, 2.45) is 5.73 Å². The Labute approximate surface area is 147 Å². The molecule has 0 unspecified atom stereocenters. The first-order valence-corrected chi connectivity index (χ1v) is 8.40. The Bertz CT molecular complexity index is 893. The molecule has 7 nitrogen and oxygen atoms in total. The maximum absolute atomic E-state index is 11.5. The van der Waals surface area contributed by atoms with Crippen LogP contribution in [-0.4, -0.2) is 29.2 Å². The van der Waals surface area contributed by atoms with Gasteiger partial charge in [0.15, 0.2) is 0 Å². The molecule has 0 aliphatic carbocycles. The first-order valence-electron chi connectivity index (χ1n) is 7.58. The van der Waals surface area contributed by atoms with Gasteiger partial charge in [0, 0.05) is 19.2 Å². The van der Waals surface area contributed by atoms with Gasteiger partial charge in [0.1, 0.15) is 27.0 Å². The molecule has 0 fully saturated rings. The summed E-state index contributed by atoms with van der Waals surface area (Å²) < 4.78 is 11.4. The van der Waals surface area contributed by atoms with E-state index in [9.17, 15) is 4.79 Å². The van der Waals surface area contributed by atoms with Crippen LogP contribution in [0.4, 0.5) is 5.69 Å². The monoisotopic (exact) mass is 359 g/mol. The van der Waals surface area contributed by atoms with Gasteiger partial charge in [-0.05, 0) is 30.3 Å². The van der Waals surface area contributed by atoms with Crippen LogP contribution < -0.4 is 20.9 Å². The predicted octanol–water partition coefficient (Wildman–Crippen LogP) is 2.53. The van der Waals surface area contributed by atoms with E-state index in [2.05, 4.69) is 4.98 Å². The zero-order chi connectivity index (χ0) is 17.8. The zero-order valence-electron chi connectivity index (χ0n) is 13.3. The van der Waals surface area contributed by atoms with Gasteiger partial charge in [-0.25, -0.2) is 4.98 Å². The second kappa shape index (κ2) is 7.37. The van der Waals surface area contributed by atoms with Crippen molar-refractivity contribution in [1.82, 2.24) is 4.98 Å². The average molecular weight is 359 g/mol. The molecule has 2 heterocycles. The van der Waals surface area contributed by atoms with Gasteiger partial charge in [0.2, 0.25) is 0 Å². The van der Waals surface area contributed by atoms with Gasteiger partial charge in [-0.15, -0.1) is 11.3 Å². The Morgan fingerprint density at radius 1 is 1.20 bits per heavy atom. The highest BCUT2D eigenvalue weighted by Crippen LogP contribution is 2.39. The van der Waals surface area contributed by atoms with E-state index in [1.807, 2.05) is 0 Å². The number of aromatic nitrogens is 1. The number of nitrogen functional groups attached to an aromatic ring is 1. The van der Waals surface area contributed by atoms with Gasteiger partial charge in [0.25, 0.3) is 5.91 Å². The maximum atomic E-state index is 11.5. The number of fused-ring (bicyclic) bond motifs is 1. The smallest absolute Gasteiger partial charge is 0.260 e. The molecule has 0 saturated heterocycles. The molecular formula is C17H17N3O4S. The van der Waals surface area contributed by atoms with Crippen LogP contribution >= 0.6 is 11.3 Å². The van der Waals surface area contributed by atoms with Crippen LogP contribution in [0.15, 0.2) is 36.5 Å². The zero-order valence-corrected chi connectivity index (χ0v) is 14.1. The summed E-state index contributed by atoms with van der Waals surface area (Å²) in [4.78, 5) is 16.5. The first-order chi connectivity index (χ1) is 12.1. The molecule has 0 atom stereocenters. The Kier molecular flexibility index (Phi) is 5.01. The van der Waals surface area contributed by atoms with Crippen molar-refractivity contribution in [3.05, 3.63) is 41.4 Å². The summed E-state index contributed by atoms with van der Waals surface area (Å²) in [6.07, 6.45) is 2.16. The molecule has 1 aromatic carbocycles. The Morgan fingerprint density at radius 3 is 2.60 bits per heavy atom. The number of hydrogen-bond acceptors (Lipinski definition) is 7. The van der Waals surface area contributed by atoms with E-state index in [1.54, 1.807) is 36.5 Å². The van der Waals surface area contributed by atoms with Crippen LogP contribution in [0.3, 0.4) is 0 Å². The topological polar surface area (TPSA) is 121 Å². The van der Waals surface area contributed by atoms with Crippen LogP contribution in [0, 0.1) is 0 Å². The SMILES string of the molecule is NC(=O)c1sc2nccc(Oc3ccc(OCCCO)cc3)c2c1N. The number of ether oxygens (including phenoxy) is 2. The molecule has 25 heavy (non-hydrogen) atoms. The van der Waals surface area contributed by atoms with E-state index in [-0.39, 0.29) is 17.2 Å². The number of aliphatic hydroxyl groups is 1. The Balaban J connectivity index is 1.84. The van der Waals surface area contributed by atoms with E-state index in [4.69, 9.17) is 26.0 Å². The van der Waals surface area contributed by atoms with Crippen LogP contribution in [-0.2, 0) is 0 Å². The number of carbonyl (C=O) groups excluding carboxylic acids is 1. The molecular weight excluding hydrogens is 342 g/mol. The first kappa shape index (κ1) is 17.0. The van der Waals surface area contributed by atoms with E-state index in [1.165, 1.54) is 0 Å². The van der Waals surface area contributed by atoms with Gasteiger partial charge in [-0.3, -0.25) is 4.79 Å². The van der Waals surface area contributed by atoms with Gasteiger partial charge < -0.3 is 26.0 Å². The number of aliphatic hydroxyl groups excluding tert-OH is 1. The lowest BCUT2D eigenvalue weighted by Crippen LogP contribution is -2.10. The van der Waals surface area contributed by atoms with E-state index >= 15 is 0 Å². The fourth-order valence-corrected chi connectivity index (χ4v) is 3.20. The number of nitrogens with two attached hydrogens (primary N) is 2. The molecule has 130 valence electrons. The highest BCUT2D eigenvalue weighted by atomic mass is 32.1. The van der Waals surface area contributed by atoms with Crippen molar-refractivity contribution in [1.29, 1.82) is 0 Å². The van der Waals surface area contributed by atoms with Crippen molar-refractivity contribution in [3.63, 3.8) is 0 Å². The summed E-state index contributed by atoms with van der Waals surface area (Å²) in [6.45, 7) is 0.539. The van der Waals surface area contributed by atoms with Gasteiger partial charge in [0.05, 0.1) is 17.7 Å². The molecule has 2 aromatic heterocycles. The third-order valence-corrected chi connectivity index (χ3v) is 4.57. The number of benzene rings is 1. The highest BCUT2D eigenvalue weighted by molar-refractivity contribution is 7.21. The fraction of sp³-hybridized carbons (Fsp3) is 0.176. The number of nitrogens with zero attached hydrogens (tertiary/aromatic N) is 1. The number of amides is 1. The molecule has 0 aliphatic heterocycles. The number of rotatable bonds is 7. The lowest BCUT2D eigenvalue weighted by atomic mass is 10.2. The molecule has 0 saturated carbocycles. The third kappa shape index (κ3) is 3.65. The Hall–Kier alpha value is -2.84. The number of thiophene rings is 1. The highest BCUT2D eigenvalue weighted by Gasteiger charge is 2.18. The molecule has 5 N–H and O–H groups in total. The average Bonchev–Trinajstić information content (AvgIpc) is 2.95. The summed E-state index contributed by atoms with van der Waals surface area (Å²) in [7, 11) is 0. The number of anilines is 1. The number of primary amides is 1. The minimum atomic E-state index is -0.587. The molecule has 0 aliphatic rings. The molecule has 0 bridgehead atoms. The lowest BCUT2D eigenvalue weighted by molar-refractivity contribution is 0.100. The van der Waals surface area contributed by atoms with Crippen LogP contribution in [0.2, 0.25) is 0 Å². The van der Waals surface area contributed by atoms with Gasteiger partial charge >= 0.3 is 0 Å². The minimum Gasteiger partial charge on any atom is -0.494 e. The summed E-state index contributed by atoms with van der Waals surface area (Å²) in [5.74, 6) is 1.19. The molecule has 1 amide bonds. The molecule has 8 heteroatoms. The number of hydrogen-bond donors (Lipinski definition) is 3. The molecule has 3 rings (SSSR count). The lowest BCUT2D eigenvalue weighted by Gasteiger charge is -2.09. The third-order valence-electron chi connectivity index (χ3n) is 3.44. The summed E-state index contributed by atoms with van der Waals surface area (Å²) in [6, 6.07) is 8.76. The van der Waals surface area contributed by atoms with Gasteiger partial charge in [-0.2, -0.15) is 0 Å². The van der Waals surface area contributed by atoms with Crippen molar-refractivity contribution < 1.29 is 19.4 Å². The van der Waals surface area contributed by atoms with Crippen LogP contribution in [0.5, 0.6) is 17.2 Å². The molecule has 0 radical (unpaired) electrons. The largest absolute Gasteiger partial charge is 0.494 e. The van der Waals surface area contributed by atoms with E-state index in [0.29, 0.717) is 40.5 Å². The standard InChI is InChI=1S/C17H17N3O4S/c18-14-13-12(6-7-20-17(13)25-15(14)16(19)22)24-11-4-2-10(3-5-11)23-9-1-8-21/h2-7,21H,1,8-9,18H2,(H2,19,22). The predicted molar refractivity (Wildman–Crippen MR) is 96.3 cm³/mol. The van der Waals surface area contributed by atoms with E-state index in [0.717, 1.165) is 11.3 Å². The summed E-state index contributed by atoms with van der Waals surface area (Å²) in [5.41, 5.74) is 11.7.